The van der Waals surface area contributed by atoms with E-state index in [1.54, 1.807) is 0 Å². The predicted molar refractivity (Wildman–Crippen MR) is 42.6 cm³/mol. The Bertz CT molecular complexity index is 148. The molecule has 0 aromatic heterocycles. The maximum Gasteiger partial charge on any atom is 0.111 e. The minimum Gasteiger partial charge on any atom is -0.388 e. The van der Waals surface area contributed by atoms with Gasteiger partial charge in [-0.25, -0.2) is 0 Å². The van der Waals surface area contributed by atoms with Crippen LogP contribution in [0.25, 0.3) is 0 Å². The van der Waals surface area contributed by atoms with Crippen LogP contribution in [0, 0.1) is 5.92 Å². The molecule has 1 unspecified atom stereocenters. The molecule has 0 bridgehead atoms. The van der Waals surface area contributed by atoms with Crippen molar-refractivity contribution in [1.29, 1.82) is 0 Å². The summed E-state index contributed by atoms with van der Waals surface area (Å²) < 4.78 is 5.17. The monoisotopic (exact) mass is 176 g/mol. The van der Waals surface area contributed by atoms with Crippen molar-refractivity contribution >= 4 is 0 Å². The first-order valence-electron chi connectivity index (χ1n) is 4.20. The average Bonchev–Trinajstić information content (AvgIpc) is 2.00. The van der Waals surface area contributed by atoms with Gasteiger partial charge >= 0.3 is 0 Å². The molecule has 1 fully saturated rings. The van der Waals surface area contributed by atoms with Gasteiger partial charge < -0.3 is 20.1 Å². The summed E-state index contributed by atoms with van der Waals surface area (Å²) in [6.45, 7) is 3.90. The fraction of sp³-hybridized carbons (Fsp3) is 1.00. The Balaban J connectivity index is 2.58. The van der Waals surface area contributed by atoms with Crippen molar-refractivity contribution in [3.63, 3.8) is 0 Å². The highest BCUT2D eigenvalue weighted by Crippen LogP contribution is 2.20. The van der Waals surface area contributed by atoms with Gasteiger partial charge in [-0.15, -0.1) is 0 Å². The molecule has 1 aliphatic rings. The highest BCUT2D eigenvalue weighted by molar-refractivity contribution is 4.87. The molecule has 1 saturated heterocycles. The summed E-state index contributed by atoms with van der Waals surface area (Å²) in [6, 6.07) is 0. The molecule has 72 valence electrons. The van der Waals surface area contributed by atoms with Gasteiger partial charge in [0.2, 0.25) is 0 Å². The zero-order valence-corrected chi connectivity index (χ0v) is 7.34. The number of aliphatic hydroxyl groups is 3. The first-order valence-corrected chi connectivity index (χ1v) is 4.20. The third kappa shape index (κ3) is 1.77. The standard InChI is InChI=1S/C8H16O4/c1-4(2)8-7(11)6(10)5(9)3-12-8/h4-11H,3H2,1-2H3/t5-,6?,7+,8-/m0/s1. The topological polar surface area (TPSA) is 69.9 Å². The summed E-state index contributed by atoms with van der Waals surface area (Å²) in [5, 5.41) is 27.8. The summed E-state index contributed by atoms with van der Waals surface area (Å²) >= 11 is 0. The third-order valence-electron chi connectivity index (χ3n) is 2.20. The van der Waals surface area contributed by atoms with Crippen molar-refractivity contribution in [1.82, 2.24) is 0 Å². The molecule has 0 aliphatic carbocycles. The van der Waals surface area contributed by atoms with E-state index in [1.165, 1.54) is 0 Å². The van der Waals surface area contributed by atoms with Crippen molar-refractivity contribution in [3.8, 4) is 0 Å². The van der Waals surface area contributed by atoms with Crippen LogP contribution in [0.3, 0.4) is 0 Å². The quantitative estimate of drug-likeness (QED) is 0.485. The van der Waals surface area contributed by atoms with E-state index in [2.05, 4.69) is 0 Å². The summed E-state index contributed by atoms with van der Waals surface area (Å²) in [6.07, 6.45) is -3.39. The van der Waals surface area contributed by atoms with Gasteiger partial charge in [-0.2, -0.15) is 0 Å². The molecule has 0 spiro atoms. The summed E-state index contributed by atoms with van der Waals surface area (Å²) in [5.74, 6) is 0.141. The minimum absolute atomic E-state index is 0.0983. The molecule has 0 amide bonds. The molecule has 0 saturated carbocycles. The summed E-state index contributed by atoms with van der Waals surface area (Å²) in [4.78, 5) is 0. The molecule has 1 aliphatic heterocycles. The van der Waals surface area contributed by atoms with Gasteiger partial charge in [-0.3, -0.25) is 0 Å². The van der Waals surface area contributed by atoms with Crippen molar-refractivity contribution in [3.05, 3.63) is 0 Å². The van der Waals surface area contributed by atoms with Crippen LogP contribution in [0.1, 0.15) is 13.8 Å². The van der Waals surface area contributed by atoms with Crippen molar-refractivity contribution in [2.75, 3.05) is 6.61 Å². The van der Waals surface area contributed by atoms with E-state index in [4.69, 9.17) is 9.84 Å². The Labute approximate surface area is 71.8 Å². The van der Waals surface area contributed by atoms with E-state index in [9.17, 15) is 10.2 Å². The normalized spacial score (nSPS) is 43.5. The lowest BCUT2D eigenvalue weighted by Gasteiger charge is -2.37. The maximum atomic E-state index is 9.44. The fourth-order valence-electron chi connectivity index (χ4n) is 1.42. The van der Waals surface area contributed by atoms with Gasteiger partial charge in [0.15, 0.2) is 0 Å². The highest BCUT2D eigenvalue weighted by atomic mass is 16.5. The number of aliphatic hydroxyl groups excluding tert-OH is 3. The Kier molecular flexibility index (Phi) is 3.06. The number of ether oxygens (including phenoxy) is 1. The van der Waals surface area contributed by atoms with Crippen LogP contribution in [0.15, 0.2) is 0 Å². The van der Waals surface area contributed by atoms with Crippen LogP contribution in [0.2, 0.25) is 0 Å². The first-order chi connectivity index (χ1) is 5.54. The van der Waals surface area contributed by atoms with Crippen LogP contribution in [0.5, 0.6) is 0 Å². The van der Waals surface area contributed by atoms with E-state index in [0.717, 1.165) is 0 Å². The van der Waals surface area contributed by atoms with Gasteiger partial charge in [0.05, 0.1) is 12.7 Å². The molecule has 12 heavy (non-hydrogen) atoms. The molecule has 4 nitrogen and oxygen atoms in total. The zero-order chi connectivity index (χ0) is 9.30. The molecule has 0 aromatic carbocycles. The van der Waals surface area contributed by atoms with Gasteiger partial charge in [0, 0.05) is 0 Å². The van der Waals surface area contributed by atoms with Crippen molar-refractivity contribution in [2.45, 2.75) is 38.3 Å². The Hall–Kier alpha value is -0.160. The lowest BCUT2D eigenvalue weighted by molar-refractivity contribution is -0.197. The number of rotatable bonds is 1. The lowest BCUT2D eigenvalue weighted by atomic mass is 9.93. The highest BCUT2D eigenvalue weighted by Gasteiger charge is 2.38. The predicted octanol–water partition coefficient (Wildman–Crippen LogP) is -0.876. The molecule has 1 heterocycles. The Morgan fingerprint density at radius 1 is 1.17 bits per heavy atom. The largest absolute Gasteiger partial charge is 0.388 e. The van der Waals surface area contributed by atoms with E-state index in [-0.39, 0.29) is 18.6 Å². The maximum absolute atomic E-state index is 9.44. The molecule has 4 atom stereocenters. The second-order valence-corrected chi connectivity index (χ2v) is 3.59. The lowest BCUT2D eigenvalue weighted by Crippen LogP contribution is -2.54. The van der Waals surface area contributed by atoms with Crippen LogP contribution >= 0.6 is 0 Å². The molecule has 1 rings (SSSR count). The number of hydrogen-bond acceptors (Lipinski definition) is 4. The minimum atomic E-state index is -1.08. The summed E-state index contributed by atoms with van der Waals surface area (Å²) in [5.41, 5.74) is 0. The molecule has 0 aromatic rings. The molecule has 4 heteroatoms. The first kappa shape index (κ1) is 9.92. The van der Waals surface area contributed by atoms with Crippen LogP contribution in [0.4, 0.5) is 0 Å². The average molecular weight is 176 g/mol. The second kappa shape index (κ2) is 3.70. The van der Waals surface area contributed by atoms with E-state index >= 15 is 0 Å². The van der Waals surface area contributed by atoms with Gasteiger partial charge in [0.25, 0.3) is 0 Å². The molecule has 0 radical (unpaired) electrons. The molecule has 3 N–H and O–H groups in total. The van der Waals surface area contributed by atoms with E-state index < -0.39 is 18.3 Å². The third-order valence-corrected chi connectivity index (χ3v) is 2.20. The van der Waals surface area contributed by atoms with Crippen LogP contribution in [-0.2, 0) is 4.74 Å². The van der Waals surface area contributed by atoms with Gasteiger partial charge in [-0.05, 0) is 5.92 Å². The SMILES string of the molecule is CC(C)[C@@H]1OC[C@H](O)C(O)[C@H]1O. The van der Waals surface area contributed by atoms with E-state index in [1.807, 2.05) is 13.8 Å². The zero-order valence-electron chi connectivity index (χ0n) is 7.34. The molecular weight excluding hydrogens is 160 g/mol. The fourth-order valence-corrected chi connectivity index (χ4v) is 1.42. The smallest absolute Gasteiger partial charge is 0.111 e. The summed E-state index contributed by atoms with van der Waals surface area (Å²) in [7, 11) is 0. The van der Waals surface area contributed by atoms with Gasteiger partial charge in [0.1, 0.15) is 18.3 Å². The van der Waals surface area contributed by atoms with Crippen LogP contribution < -0.4 is 0 Å². The van der Waals surface area contributed by atoms with Crippen molar-refractivity contribution < 1.29 is 20.1 Å². The van der Waals surface area contributed by atoms with Crippen LogP contribution in [-0.4, -0.2) is 46.3 Å². The second-order valence-electron chi connectivity index (χ2n) is 3.59. The Morgan fingerprint density at radius 2 is 1.75 bits per heavy atom. The Morgan fingerprint density at radius 3 is 2.25 bits per heavy atom. The number of hydrogen-bond donors (Lipinski definition) is 3. The molecular formula is C8H16O4. The van der Waals surface area contributed by atoms with Crippen molar-refractivity contribution in [2.24, 2.45) is 5.92 Å². The van der Waals surface area contributed by atoms with Gasteiger partial charge in [-0.1, -0.05) is 13.8 Å². The van der Waals surface area contributed by atoms with E-state index in [0.29, 0.717) is 0 Å².